The van der Waals surface area contributed by atoms with E-state index in [1.165, 1.54) is 18.3 Å². The molecule has 0 radical (unpaired) electrons. The van der Waals surface area contributed by atoms with Gasteiger partial charge < -0.3 is 5.32 Å². The van der Waals surface area contributed by atoms with Gasteiger partial charge in [-0.2, -0.15) is 11.3 Å². The third-order valence-corrected chi connectivity index (χ3v) is 3.52. The second-order valence-corrected chi connectivity index (χ2v) is 4.77. The first kappa shape index (κ1) is 12.5. The Morgan fingerprint density at radius 2 is 1.83 bits per heavy atom. The van der Waals surface area contributed by atoms with Crippen molar-refractivity contribution in [3.8, 4) is 0 Å². The Bertz CT molecular complexity index is 601. The number of hydrogen-bond donors (Lipinski definition) is 1. The van der Waals surface area contributed by atoms with Gasteiger partial charge in [-0.15, -0.1) is 0 Å². The van der Waals surface area contributed by atoms with Crippen LogP contribution in [0.2, 0.25) is 0 Å². The third kappa shape index (κ3) is 2.49. The number of benzene rings is 1. The SMILES string of the molecule is CC(=O)c1ccccc1NC(=O)c1cscc1C. The van der Waals surface area contributed by atoms with Crippen LogP contribution in [0, 0.1) is 6.92 Å². The van der Waals surface area contributed by atoms with Gasteiger partial charge in [0.15, 0.2) is 5.78 Å². The quantitative estimate of drug-likeness (QED) is 0.857. The van der Waals surface area contributed by atoms with E-state index in [1.54, 1.807) is 29.6 Å². The topological polar surface area (TPSA) is 46.2 Å². The average Bonchev–Trinajstić information content (AvgIpc) is 2.76. The minimum atomic E-state index is -0.178. The largest absolute Gasteiger partial charge is 0.321 e. The van der Waals surface area contributed by atoms with Gasteiger partial charge in [0.25, 0.3) is 5.91 Å². The van der Waals surface area contributed by atoms with Crippen LogP contribution in [0.1, 0.15) is 33.2 Å². The maximum atomic E-state index is 12.1. The van der Waals surface area contributed by atoms with Crippen molar-refractivity contribution in [2.45, 2.75) is 13.8 Å². The van der Waals surface area contributed by atoms with Gasteiger partial charge in [0.2, 0.25) is 0 Å². The molecule has 92 valence electrons. The Labute approximate surface area is 109 Å². The fourth-order valence-electron chi connectivity index (χ4n) is 1.68. The molecule has 1 aromatic carbocycles. The van der Waals surface area contributed by atoms with Crippen LogP contribution in [0.25, 0.3) is 0 Å². The van der Waals surface area contributed by atoms with Crippen molar-refractivity contribution in [1.29, 1.82) is 0 Å². The lowest BCUT2D eigenvalue weighted by atomic mass is 10.1. The number of aryl methyl sites for hydroxylation is 1. The van der Waals surface area contributed by atoms with E-state index in [1.807, 2.05) is 12.3 Å². The zero-order valence-electron chi connectivity index (χ0n) is 10.2. The van der Waals surface area contributed by atoms with E-state index in [2.05, 4.69) is 5.32 Å². The lowest BCUT2D eigenvalue weighted by Crippen LogP contribution is -2.14. The average molecular weight is 259 g/mol. The van der Waals surface area contributed by atoms with Crippen molar-refractivity contribution in [1.82, 2.24) is 0 Å². The van der Waals surface area contributed by atoms with Crippen molar-refractivity contribution >= 4 is 28.7 Å². The van der Waals surface area contributed by atoms with Crippen molar-refractivity contribution in [2.75, 3.05) is 5.32 Å². The number of ketones is 1. The molecular weight excluding hydrogens is 246 g/mol. The van der Waals surface area contributed by atoms with E-state index in [-0.39, 0.29) is 11.7 Å². The van der Waals surface area contributed by atoms with E-state index >= 15 is 0 Å². The number of carbonyl (C=O) groups is 2. The Morgan fingerprint density at radius 1 is 1.11 bits per heavy atom. The highest BCUT2D eigenvalue weighted by molar-refractivity contribution is 7.08. The summed E-state index contributed by atoms with van der Waals surface area (Å²) in [6.07, 6.45) is 0. The lowest BCUT2D eigenvalue weighted by molar-refractivity contribution is 0.101. The fraction of sp³-hybridized carbons (Fsp3) is 0.143. The summed E-state index contributed by atoms with van der Waals surface area (Å²) in [7, 11) is 0. The third-order valence-electron chi connectivity index (χ3n) is 2.65. The molecule has 0 aliphatic carbocycles. The molecule has 18 heavy (non-hydrogen) atoms. The Balaban J connectivity index is 2.28. The van der Waals surface area contributed by atoms with Crippen LogP contribution in [0.5, 0.6) is 0 Å². The second-order valence-electron chi connectivity index (χ2n) is 4.02. The summed E-state index contributed by atoms with van der Waals surface area (Å²) in [5.41, 5.74) is 2.68. The minimum absolute atomic E-state index is 0.0621. The summed E-state index contributed by atoms with van der Waals surface area (Å²) in [6.45, 7) is 3.38. The van der Waals surface area contributed by atoms with E-state index in [0.717, 1.165) is 5.56 Å². The van der Waals surface area contributed by atoms with Crippen molar-refractivity contribution in [2.24, 2.45) is 0 Å². The molecule has 0 fully saturated rings. The molecule has 0 unspecified atom stereocenters. The van der Waals surface area contributed by atoms with Crippen LogP contribution < -0.4 is 5.32 Å². The van der Waals surface area contributed by atoms with E-state index in [0.29, 0.717) is 16.8 Å². The lowest BCUT2D eigenvalue weighted by Gasteiger charge is -2.08. The van der Waals surface area contributed by atoms with Crippen LogP contribution in [0.4, 0.5) is 5.69 Å². The number of nitrogens with one attached hydrogen (secondary N) is 1. The number of hydrogen-bond acceptors (Lipinski definition) is 3. The summed E-state index contributed by atoms with van der Waals surface area (Å²) in [5, 5.41) is 6.51. The van der Waals surface area contributed by atoms with Gasteiger partial charge in [-0.3, -0.25) is 9.59 Å². The zero-order valence-corrected chi connectivity index (χ0v) is 11.0. The van der Waals surface area contributed by atoms with Gasteiger partial charge >= 0.3 is 0 Å². The van der Waals surface area contributed by atoms with E-state index in [4.69, 9.17) is 0 Å². The highest BCUT2D eigenvalue weighted by atomic mass is 32.1. The maximum absolute atomic E-state index is 12.1. The van der Waals surface area contributed by atoms with E-state index in [9.17, 15) is 9.59 Å². The van der Waals surface area contributed by atoms with Gasteiger partial charge in [0.1, 0.15) is 0 Å². The summed E-state index contributed by atoms with van der Waals surface area (Å²) in [4.78, 5) is 23.5. The maximum Gasteiger partial charge on any atom is 0.256 e. The summed E-state index contributed by atoms with van der Waals surface area (Å²) >= 11 is 1.49. The predicted octanol–water partition coefficient (Wildman–Crippen LogP) is 3.51. The van der Waals surface area contributed by atoms with Gasteiger partial charge in [-0.05, 0) is 36.9 Å². The van der Waals surface area contributed by atoms with Gasteiger partial charge in [0, 0.05) is 10.9 Å². The Kier molecular flexibility index (Phi) is 3.58. The normalized spacial score (nSPS) is 10.1. The van der Waals surface area contributed by atoms with Gasteiger partial charge in [0.05, 0.1) is 11.3 Å². The zero-order chi connectivity index (χ0) is 13.1. The van der Waals surface area contributed by atoms with Crippen molar-refractivity contribution in [3.63, 3.8) is 0 Å². The molecule has 1 N–H and O–H groups in total. The number of thiophene rings is 1. The summed E-state index contributed by atoms with van der Waals surface area (Å²) in [6, 6.07) is 7.01. The molecule has 2 aromatic rings. The fourth-order valence-corrected chi connectivity index (χ4v) is 2.51. The number of amides is 1. The Hall–Kier alpha value is -1.94. The van der Waals surface area contributed by atoms with Crippen LogP contribution >= 0.6 is 11.3 Å². The molecule has 0 bridgehead atoms. The molecule has 3 nitrogen and oxygen atoms in total. The number of anilines is 1. The molecule has 0 atom stereocenters. The first-order valence-electron chi connectivity index (χ1n) is 5.53. The second kappa shape index (κ2) is 5.14. The number of para-hydroxylation sites is 1. The standard InChI is InChI=1S/C14H13NO2S/c1-9-7-18-8-12(9)14(17)15-13-6-4-3-5-11(13)10(2)16/h3-8H,1-2H3,(H,15,17). The van der Waals surface area contributed by atoms with Gasteiger partial charge in [-0.25, -0.2) is 0 Å². The molecule has 0 aliphatic rings. The van der Waals surface area contributed by atoms with Crippen LogP contribution in [-0.4, -0.2) is 11.7 Å². The number of rotatable bonds is 3. The molecule has 0 aliphatic heterocycles. The predicted molar refractivity (Wildman–Crippen MR) is 73.5 cm³/mol. The minimum Gasteiger partial charge on any atom is -0.321 e. The van der Waals surface area contributed by atoms with E-state index < -0.39 is 0 Å². The molecule has 4 heteroatoms. The summed E-state index contributed by atoms with van der Waals surface area (Å²) < 4.78 is 0. The van der Waals surface area contributed by atoms with Gasteiger partial charge in [-0.1, -0.05) is 12.1 Å². The monoisotopic (exact) mass is 259 g/mol. The highest BCUT2D eigenvalue weighted by Crippen LogP contribution is 2.19. The van der Waals surface area contributed by atoms with Crippen LogP contribution in [0.3, 0.4) is 0 Å². The molecule has 1 amide bonds. The first-order valence-corrected chi connectivity index (χ1v) is 6.48. The van der Waals surface area contributed by atoms with Crippen molar-refractivity contribution in [3.05, 3.63) is 51.7 Å². The molecule has 1 heterocycles. The first-order chi connectivity index (χ1) is 8.59. The molecule has 2 rings (SSSR count). The highest BCUT2D eigenvalue weighted by Gasteiger charge is 2.13. The summed E-state index contributed by atoms with van der Waals surface area (Å²) in [5.74, 6) is -0.240. The molecule has 0 spiro atoms. The number of carbonyl (C=O) groups excluding carboxylic acids is 2. The van der Waals surface area contributed by atoms with Crippen LogP contribution in [0.15, 0.2) is 35.0 Å². The Morgan fingerprint density at radius 3 is 2.44 bits per heavy atom. The molecule has 0 saturated carbocycles. The molecular formula is C14H13NO2S. The molecule has 0 saturated heterocycles. The molecule has 1 aromatic heterocycles. The smallest absolute Gasteiger partial charge is 0.256 e. The number of Topliss-reactive ketones (excluding diaryl/α,β-unsaturated/α-hetero) is 1. The van der Waals surface area contributed by atoms with Crippen molar-refractivity contribution < 1.29 is 9.59 Å². The van der Waals surface area contributed by atoms with Crippen LogP contribution in [-0.2, 0) is 0 Å².